The summed E-state index contributed by atoms with van der Waals surface area (Å²) in [5, 5.41) is 3.28. The van der Waals surface area contributed by atoms with Crippen molar-refractivity contribution in [1.82, 2.24) is 15.3 Å². The molecule has 0 aliphatic rings. The van der Waals surface area contributed by atoms with Gasteiger partial charge in [-0.15, -0.1) is 0 Å². The monoisotopic (exact) mass is 271 g/mol. The normalized spacial score (nSPS) is 12.2. The molecule has 1 heterocycles. The largest absolute Gasteiger partial charge is 0.497 e. The zero-order valence-electron chi connectivity index (χ0n) is 12.3. The summed E-state index contributed by atoms with van der Waals surface area (Å²) in [7, 11) is 3.63. The number of aryl methyl sites for hydroxylation is 2. The Hall–Kier alpha value is -1.94. The maximum absolute atomic E-state index is 5.16. The summed E-state index contributed by atoms with van der Waals surface area (Å²) in [6.07, 6.45) is 5.67. The summed E-state index contributed by atoms with van der Waals surface area (Å²) in [5.74, 6) is 1.74. The molecule has 2 rings (SSSR count). The first-order valence-electron chi connectivity index (χ1n) is 6.81. The Morgan fingerprint density at radius 1 is 1.15 bits per heavy atom. The average molecular weight is 271 g/mol. The number of nitrogens with zero attached hydrogens (tertiary/aromatic N) is 2. The van der Waals surface area contributed by atoms with Crippen LogP contribution in [0.15, 0.2) is 36.7 Å². The molecule has 2 aromatic rings. The van der Waals surface area contributed by atoms with Crippen molar-refractivity contribution in [2.75, 3.05) is 14.2 Å². The fourth-order valence-corrected chi connectivity index (χ4v) is 2.09. The molecule has 106 valence electrons. The molecule has 1 atom stereocenters. The van der Waals surface area contributed by atoms with Crippen molar-refractivity contribution in [2.45, 2.75) is 25.8 Å². The highest BCUT2D eigenvalue weighted by molar-refractivity contribution is 5.27. The molecular weight excluding hydrogens is 250 g/mol. The number of aromatic nitrogens is 2. The van der Waals surface area contributed by atoms with E-state index in [1.165, 1.54) is 5.56 Å². The molecule has 1 aromatic heterocycles. The van der Waals surface area contributed by atoms with E-state index in [0.717, 1.165) is 30.0 Å². The molecule has 0 bridgehead atoms. The van der Waals surface area contributed by atoms with Gasteiger partial charge in [-0.3, -0.25) is 0 Å². The van der Waals surface area contributed by atoms with E-state index in [1.54, 1.807) is 7.11 Å². The average Bonchev–Trinajstić information content (AvgIpc) is 2.50. The Morgan fingerprint density at radius 2 is 1.80 bits per heavy atom. The van der Waals surface area contributed by atoms with Gasteiger partial charge in [0.1, 0.15) is 11.6 Å². The predicted octanol–water partition coefficient (Wildman–Crippen LogP) is 2.69. The summed E-state index contributed by atoms with van der Waals surface area (Å²) >= 11 is 0. The molecule has 20 heavy (non-hydrogen) atoms. The van der Waals surface area contributed by atoms with E-state index in [4.69, 9.17) is 4.74 Å². The first-order chi connectivity index (χ1) is 9.72. The Bertz CT molecular complexity index is 522. The van der Waals surface area contributed by atoms with Gasteiger partial charge in [0.15, 0.2) is 0 Å². The lowest BCUT2D eigenvalue weighted by Gasteiger charge is -2.14. The minimum Gasteiger partial charge on any atom is -0.497 e. The standard InChI is InChI=1S/C16H21N3O/c1-12-10-18-16(19-11-12)15(17-2)9-6-13-4-7-14(20-3)8-5-13/h4-5,7-8,10-11,15,17H,6,9H2,1-3H3. The molecule has 4 heteroatoms. The number of benzene rings is 1. The lowest BCUT2D eigenvalue weighted by Crippen LogP contribution is -2.19. The molecule has 0 saturated carbocycles. The Kier molecular flexibility index (Phi) is 5.07. The van der Waals surface area contributed by atoms with Crippen LogP contribution in [0.4, 0.5) is 0 Å². The number of hydrogen-bond acceptors (Lipinski definition) is 4. The van der Waals surface area contributed by atoms with Crippen LogP contribution in [0.3, 0.4) is 0 Å². The highest BCUT2D eigenvalue weighted by Gasteiger charge is 2.12. The molecule has 0 saturated heterocycles. The first kappa shape index (κ1) is 14.5. The van der Waals surface area contributed by atoms with E-state index in [0.29, 0.717) is 0 Å². The predicted molar refractivity (Wildman–Crippen MR) is 79.9 cm³/mol. The minimum atomic E-state index is 0.178. The number of hydrogen-bond donors (Lipinski definition) is 1. The van der Waals surface area contributed by atoms with Crippen molar-refractivity contribution in [3.05, 3.63) is 53.6 Å². The van der Waals surface area contributed by atoms with Gasteiger partial charge in [-0.05, 0) is 50.1 Å². The second-order valence-corrected chi connectivity index (χ2v) is 4.85. The summed E-state index contributed by atoms with van der Waals surface area (Å²) in [5.41, 5.74) is 2.37. The van der Waals surface area contributed by atoms with Gasteiger partial charge in [-0.25, -0.2) is 9.97 Å². The van der Waals surface area contributed by atoms with Crippen molar-refractivity contribution in [1.29, 1.82) is 0 Å². The van der Waals surface area contributed by atoms with E-state index in [1.807, 2.05) is 38.5 Å². The third-order valence-corrected chi connectivity index (χ3v) is 3.34. The fourth-order valence-electron chi connectivity index (χ4n) is 2.09. The van der Waals surface area contributed by atoms with Crippen LogP contribution in [0.5, 0.6) is 5.75 Å². The van der Waals surface area contributed by atoms with Gasteiger partial charge >= 0.3 is 0 Å². The number of rotatable bonds is 6. The van der Waals surface area contributed by atoms with Crippen LogP contribution in [-0.2, 0) is 6.42 Å². The maximum atomic E-state index is 5.16. The molecule has 0 aliphatic heterocycles. The molecule has 0 radical (unpaired) electrons. The zero-order valence-corrected chi connectivity index (χ0v) is 12.3. The molecule has 1 N–H and O–H groups in total. The lowest BCUT2D eigenvalue weighted by atomic mass is 10.0. The van der Waals surface area contributed by atoms with E-state index in [2.05, 4.69) is 27.4 Å². The molecule has 1 aromatic carbocycles. The molecule has 0 amide bonds. The Morgan fingerprint density at radius 3 is 2.35 bits per heavy atom. The molecule has 0 fully saturated rings. The molecule has 1 unspecified atom stereocenters. The molecule has 0 aliphatic carbocycles. The summed E-state index contributed by atoms with van der Waals surface area (Å²) in [6.45, 7) is 2.00. The van der Waals surface area contributed by atoms with Crippen molar-refractivity contribution in [2.24, 2.45) is 0 Å². The second-order valence-electron chi connectivity index (χ2n) is 4.85. The van der Waals surface area contributed by atoms with Gasteiger partial charge < -0.3 is 10.1 Å². The first-order valence-corrected chi connectivity index (χ1v) is 6.81. The van der Waals surface area contributed by atoms with Gasteiger partial charge in [0.05, 0.1) is 13.2 Å². The van der Waals surface area contributed by atoms with Crippen LogP contribution in [-0.4, -0.2) is 24.1 Å². The zero-order chi connectivity index (χ0) is 14.4. The number of ether oxygens (including phenoxy) is 1. The maximum Gasteiger partial charge on any atom is 0.145 e. The highest BCUT2D eigenvalue weighted by Crippen LogP contribution is 2.17. The van der Waals surface area contributed by atoms with Crippen LogP contribution in [0, 0.1) is 6.92 Å². The van der Waals surface area contributed by atoms with Gasteiger partial charge in [-0.1, -0.05) is 12.1 Å². The Labute approximate surface area is 120 Å². The summed E-state index contributed by atoms with van der Waals surface area (Å²) in [6, 6.07) is 8.36. The van der Waals surface area contributed by atoms with Crippen molar-refractivity contribution in [3.8, 4) is 5.75 Å². The number of nitrogens with one attached hydrogen (secondary N) is 1. The summed E-state index contributed by atoms with van der Waals surface area (Å²) in [4.78, 5) is 8.79. The van der Waals surface area contributed by atoms with Crippen LogP contribution >= 0.6 is 0 Å². The Balaban J connectivity index is 1.97. The van der Waals surface area contributed by atoms with Gasteiger partial charge in [0, 0.05) is 12.4 Å². The number of methoxy groups -OCH3 is 1. The van der Waals surface area contributed by atoms with Crippen molar-refractivity contribution in [3.63, 3.8) is 0 Å². The van der Waals surface area contributed by atoms with Gasteiger partial charge in [0.2, 0.25) is 0 Å². The SMILES string of the molecule is CNC(CCc1ccc(OC)cc1)c1ncc(C)cn1. The molecular formula is C16H21N3O. The smallest absolute Gasteiger partial charge is 0.145 e. The van der Waals surface area contributed by atoms with Crippen LogP contribution < -0.4 is 10.1 Å². The topological polar surface area (TPSA) is 47.0 Å². The highest BCUT2D eigenvalue weighted by atomic mass is 16.5. The van der Waals surface area contributed by atoms with Crippen LogP contribution in [0.25, 0.3) is 0 Å². The van der Waals surface area contributed by atoms with Crippen molar-refractivity contribution >= 4 is 0 Å². The molecule has 4 nitrogen and oxygen atoms in total. The second kappa shape index (κ2) is 7.01. The van der Waals surface area contributed by atoms with Crippen LogP contribution in [0.2, 0.25) is 0 Å². The lowest BCUT2D eigenvalue weighted by molar-refractivity contribution is 0.414. The fraction of sp³-hybridized carbons (Fsp3) is 0.375. The van der Waals surface area contributed by atoms with E-state index in [9.17, 15) is 0 Å². The van der Waals surface area contributed by atoms with Crippen molar-refractivity contribution < 1.29 is 4.74 Å². The summed E-state index contributed by atoms with van der Waals surface area (Å²) < 4.78 is 5.16. The van der Waals surface area contributed by atoms with Gasteiger partial charge in [-0.2, -0.15) is 0 Å². The third kappa shape index (κ3) is 3.78. The quantitative estimate of drug-likeness (QED) is 0.877. The molecule has 0 spiro atoms. The van der Waals surface area contributed by atoms with E-state index >= 15 is 0 Å². The van der Waals surface area contributed by atoms with E-state index < -0.39 is 0 Å². The van der Waals surface area contributed by atoms with Gasteiger partial charge in [0.25, 0.3) is 0 Å². The van der Waals surface area contributed by atoms with E-state index in [-0.39, 0.29) is 6.04 Å². The minimum absolute atomic E-state index is 0.178. The third-order valence-electron chi connectivity index (χ3n) is 3.34. The van der Waals surface area contributed by atoms with Crippen LogP contribution in [0.1, 0.15) is 29.4 Å².